The van der Waals surface area contributed by atoms with Crippen molar-refractivity contribution in [2.45, 2.75) is 0 Å². The topological polar surface area (TPSA) is 55.9 Å². The highest BCUT2D eigenvalue weighted by atomic mass is 16.4. The second-order valence-electron chi connectivity index (χ2n) is 10.4. The Morgan fingerprint density at radius 2 is 1.02 bits per heavy atom. The minimum atomic E-state index is 0.487. The van der Waals surface area contributed by atoms with Crippen LogP contribution in [0.5, 0.6) is 0 Å². The fourth-order valence-electron chi connectivity index (χ4n) is 5.78. The van der Waals surface area contributed by atoms with Gasteiger partial charge in [-0.1, -0.05) is 109 Å². The Balaban J connectivity index is 1.26. The summed E-state index contributed by atoms with van der Waals surface area (Å²) in [5.74, 6) is 0.992. The number of rotatable bonds is 6. The van der Waals surface area contributed by atoms with E-state index in [1.807, 2.05) is 54.6 Å². The highest BCUT2D eigenvalue weighted by Gasteiger charge is 2.19. The minimum Gasteiger partial charge on any atom is -0.416 e. The summed E-state index contributed by atoms with van der Waals surface area (Å²) >= 11 is 0. The van der Waals surface area contributed by atoms with Gasteiger partial charge in [0.1, 0.15) is 0 Å². The first kappa shape index (κ1) is 24.8. The van der Waals surface area contributed by atoms with E-state index < -0.39 is 0 Å². The standard InChI is InChI=1S/C38H26N4O/c1-4-12-26(13-5-1)31-24-25-33-32-18-10-11-19-34(32)42(36(33)35(31)27-14-6-2-7-15-27)41-30-22-20-29(21-23-30)38-40-39-37(43-38)28-16-8-3-9-17-28/h1-25,41H. The Labute approximate surface area is 248 Å². The maximum Gasteiger partial charge on any atom is 0.248 e. The molecule has 0 unspecified atom stereocenters. The molecule has 6 aromatic carbocycles. The maximum absolute atomic E-state index is 5.99. The molecule has 5 nitrogen and oxygen atoms in total. The molecule has 0 atom stereocenters. The monoisotopic (exact) mass is 554 g/mol. The summed E-state index contributed by atoms with van der Waals surface area (Å²) in [4.78, 5) is 0. The van der Waals surface area contributed by atoms with Crippen molar-refractivity contribution in [3.05, 3.63) is 152 Å². The Morgan fingerprint density at radius 3 is 1.70 bits per heavy atom. The van der Waals surface area contributed by atoms with Gasteiger partial charge in [-0.2, -0.15) is 0 Å². The van der Waals surface area contributed by atoms with Crippen LogP contribution in [0, 0.1) is 0 Å². The molecule has 8 aromatic rings. The number of fused-ring (bicyclic) bond motifs is 3. The highest BCUT2D eigenvalue weighted by Crippen LogP contribution is 2.42. The smallest absolute Gasteiger partial charge is 0.248 e. The molecule has 8 rings (SSSR count). The third-order valence-corrected chi connectivity index (χ3v) is 7.80. The van der Waals surface area contributed by atoms with Crippen LogP contribution < -0.4 is 5.43 Å². The van der Waals surface area contributed by atoms with Gasteiger partial charge in [0.15, 0.2) is 0 Å². The van der Waals surface area contributed by atoms with Crippen LogP contribution in [0.1, 0.15) is 0 Å². The first-order valence-electron chi connectivity index (χ1n) is 14.3. The number of nitrogens with zero attached hydrogens (tertiary/aromatic N) is 3. The van der Waals surface area contributed by atoms with Gasteiger partial charge >= 0.3 is 0 Å². The zero-order valence-corrected chi connectivity index (χ0v) is 23.2. The highest BCUT2D eigenvalue weighted by molar-refractivity contribution is 6.15. The Hall–Kier alpha value is -5.94. The van der Waals surface area contributed by atoms with E-state index in [1.165, 1.54) is 33.0 Å². The summed E-state index contributed by atoms with van der Waals surface area (Å²) in [5, 5.41) is 10.9. The molecule has 0 fully saturated rings. The quantitative estimate of drug-likeness (QED) is 0.222. The van der Waals surface area contributed by atoms with Crippen molar-refractivity contribution in [3.63, 3.8) is 0 Å². The molecule has 0 bridgehead atoms. The molecule has 0 saturated carbocycles. The first-order valence-corrected chi connectivity index (χ1v) is 14.3. The lowest BCUT2D eigenvalue weighted by Crippen LogP contribution is -2.09. The van der Waals surface area contributed by atoms with E-state index in [1.54, 1.807) is 0 Å². The SMILES string of the molecule is c1ccc(-c2nnc(-c3ccc(Nn4c5ccccc5c5ccc(-c6ccccc6)c(-c6ccccc6)c54)cc3)o2)cc1. The Bertz CT molecular complexity index is 2180. The Kier molecular flexibility index (Phi) is 6.05. The van der Waals surface area contributed by atoms with E-state index in [9.17, 15) is 0 Å². The molecule has 5 heteroatoms. The molecule has 43 heavy (non-hydrogen) atoms. The molecule has 0 aliphatic carbocycles. The Morgan fingerprint density at radius 1 is 0.465 bits per heavy atom. The number of hydrogen-bond donors (Lipinski definition) is 1. The van der Waals surface area contributed by atoms with Crippen LogP contribution in [0.25, 0.3) is 67.0 Å². The van der Waals surface area contributed by atoms with Crippen LogP contribution in [0.15, 0.2) is 156 Å². The van der Waals surface area contributed by atoms with Gasteiger partial charge in [0.2, 0.25) is 11.8 Å². The van der Waals surface area contributed by atoms with Crippen molar-refractivity contribution in [1.82, 2.24) is 14.9 Å². The van der Waals surface area contributed by atoms with Crippen LogP contribution in [-0.2, 0) is 0 Å². The summed E-state index contributed by atoms with van der Waals surface area (Å²) in [6.07, 6.45) is 0. The van der Waals surface area contributed by atoms with Gasteiger partial charge < -0.3 is 4.42 Å². The minimum absolute atomic E-state index is 0.487. The number of nitrogens with one attached hydrogen (secondary N) is 1. The predicted octanol–water partition coefficient (Wildman–Crippen LogP) is 9.72. The van der Waals surface area contributed by atoms with Crippen molar-refractivity contribution >= 4 is 27.5 Å². The van der Waals surface area contributed by atoms with Crippen molar-refractivity contribution in [2.24, 2.45) is 0 Å². The van der Waals surface area contributed by atoms with E-state index in [0.29, 0.717) is 11.8 Å². The molecule has 2 heterocycles. The number of benzene rings is 6. The van der Waals surface area contributed by atoms with Crippen molar-refractivity contribution in [2.75, 3.05) is 5.43 Å². The molecule has 0 radical (unpaired) electrons. The fraction of sp³-hybridized carbons (Fsp3) is 0. The van der Waals surface area contributed by atoms with Gasteiger partial charge in [-0.25, -0.2) is 0 Å². The average Bonchev–Trinajstić information content (AvgIpc) is 3.70. The van der Waals surface area contributed by atoms with Gasteiger partial charge in [0, 0.05) is 27.5 Å². The molecule has 0 amide bonds. The first-order chi connectivity index (χ1) is 21.3. The van der Waals surface area contributed by atoms with Crippen LogP contribution in [0.3, 0.4) is 0 Å². The molecule has 204 valence electrons. The van der Waals surface area contributed by atoms with E-state index in [0.717, 1.165) is 27.8 Å². The zero-order valence-electron chi connectivity index (χ0n) is 23.2. The summed E-state index contributed by atoms with van der Waals surface area (Å²) in [6.45, 7) is 0. The second kappa shape index (κ2) is 10.5. The number of para-hydroxylation sites is 1. The summed E-state index contributed by atoms with van der Waals surface area (Å²) < 4.78 is 8.21. The van der Waals surface area contributed by atoms with E-state index in [2.05, 4.69) is 117 Å². The van der Waals surface area contributed by atoms with Gasteiger partial charge in [-0.15, -0.1) is 10.2 Å². The summed E-state index contributed by atoms with van der Waals surface area (Å²) in [7, 11) is 0. The predicted molar refractivity (Wildman–Crippen MR) is 175 cm³/mol. The molecular weight excluding hydrogens is 528 g/mol. The fourth-order valence-corrected chi connectivity index (χ4v) is 5.78. The number of anilines is 1. The van der Waals surface area contributed by atoms with Crippen molar-refractivity contribution < 1.29 is 4.42 Å². The van der Waals surface area contributed by atoms with Gasteiger partial charge in [-0.05, 0) is 59.2 Å². The summed E-state index contributed by atoms with van der Waals surface area (Å²) in [5.41, 5.74) is 13.4. The van der Waals surface area contributed by atoms with Crippen LogP contribution in [0.4, 0.5) is 5.69 Å². The van der Waals surface area contributed by atoms with E-state index in [4.69, 9.17) is 4.42 Å². The molecule has 2 aromatic heterocycles. The number of hydrogen-bond acceptors (Lipinski definition) is 4. The molecule has 0 aliphatic heterocycles. The molecule has 0 aliphatic rings. The molecule has 1 N–H and O–H groups in total. The third-order valence-electron chi connectivity index (χ3n) is 7.80. The van der Waals surface area contributed by atoms with E-state index >= 15 is 0 Å². The normalized spacial score (nSPS) is 11.3. The largest absolute Gasteiger partial charge is 0.416 e. The molecular formula is C38H26N4O. The van der Waals surface area contributed by atoms with Crippen molar-refractivity contribution in [3.8, 4) is 45.2 Å². The third kappa shape index (κ3) is 4.44. The zero-order chi connectivity index (χ0) is 28.6. The maximum atomic E-state index is 5.99. The van der Waals surface area contributed by atoms with Gasteiger partial charge in [0.05, 0.1) is 16.7 Å². The van der Waals surface area contributed by atoms with E-state index in [-0.39, 0.29) is 0 Å². The van der Waals surface area contributed by atoms with Gasteiger partial charge in [-0.3, -0.25) is 10.1 Å². The average molecular weight is 555 g/mol. The lowest BCUT2D eigenvalue weighted by atomic mass is 9.92. The number of aromatic nitrogens is 3. The van der Waals surface area contributed by atoms with Crippen LogP contribution in [-0.4, -0.2) is 14.9 Å². The second-order valence-corrected chi connectivity index (χ2v) is 10.4. The summed E-state index contributed by atoms with van der Waals surface area (Å²) in [6, 6.07) is 52.2. The molecule has 0 saturated heterocycles. The van der Waals surface area contributed by atoms with Crippen LogP contribution >= 0.6 is 0 Å². The van der Waals surface area contributed by atoms with Gasteiger partial charge in [0.25, 0.3) is 0 Å². The lowest BCUT2D eigenvalue weighted by molar-refractivity contribution is 0.584. The lowest BCUT2D eigenvalue weighted by Gasteiger charge is -2.17. The van der Waals surface area contributed by atoms with Crippen LogP contribution in [0.2, 0.25) is 0 Å². The molecule has 0 spiro atoms. The van der Waals surface area contributed by atoms with Crippen molar-refractivity contribution in [1.29, 1.82) is 0 Å².